The van der Waals surface area contributed by atoms with Gasteiger partial charge >= 0.3 is 5.97 Å². The molecule has 1 saturated heterocycles. The van der Waals surface area contributed by atoms with Crippen molar-refractivity contribution in [2.24, 2.45) is 5.92 Å². The van der Waals surface area contributed by atoms with Crippen LogP contribution < -0.4 is 0 Å². The number of thiophene rings is 1. The maximum Gasteiger partial charge on any atom is 0.309 e. The van der Waals surface area contributed by atoms with E-state index in [0.29, 0.717) is 19.4 Å². The van der Waals surface area contributed by atoms with Gasteiger partial charge in [0.1, 0.15) is 4.90 Å². The standard InChI is InChI=1S/C19H23N3O5S2/c1-21(13-16-4-3-11-28-16)18(23)14-27-19(24)15-6-9-22(10-7-15)29(25,26)17-5-2-8-20-12-17/h2-5,8,11-12,15H,6-7,9-10,13-14H2,1H3. The van der Waals surface area contributed by atoms with Gasteiger partial charge in [0.15, 0.2) is 6.61 Å². The van der Waals surface area contributed by atoms with Crippen LogP contribution >= 0.6 is 11.3 Å². The summed E-state index contributed by atoms with van der Waals surface area (Å²) in [6.07, 6.45) is 3.55. The molecule has 1 fully saturated rings. The molecule has 10 heteroatoms. The molecule has 8 nitrogen and oxygen atoms in total. The third-order valence-electron chi connectivity index (χ3n) is 4.80. The van der Waals surface area contributed by atoms with Crippen molar-refractivity contribution >= 4 is 33.2 Å². The zero-order valence-corrected chi connectivity index (χ0v) is 17.7. The normalized spacial score (nSPS) is 15.8. The van der Waals surface area contributed by atoms with E-state index in [9.17, 15) is 18.0 Å². The first-order valence-corrected chi connectivity index (χ1v) is 11.5. The smallest absolute Gasteiger partial charge is 0.309 e. The minimum atomic E-state index is -3.61. The molecule has 0 saturated carbocycles. The Morgan fingerprint density at radius 1 is 1.28 bits per heavy atom. The second-order valence-electron chi connectivity index (χ2n) is 6.80. The summed E-state index contributed by atoms with van der Waals surface area (Å²) in [5.41, 5.74) is 0. The van der Waals surface area contributed by atoms with E-state index in [4.69, 9.17) is 4.74 Å². The molecule has 1 aliphatic heterocycles. The number of nitrogens with zero attached hydrogens (tertiary/aromatic N) is 3. The van der Waals surface area contributed by atoms with E-state index in [1.54, 1.807) is 24.5 Å². The van der Waals surface area contributed by atoms with Crippen LogP contribution in [0.5, 0.6) is 0 Å². The number of esters is 1. The third kappa shape index (κ3) is 5.40. The van der Waals surface area contributed by atoms with Gasteiger partial charge in [-0.25, -0.2) is 8.42 Å². The first kappa shape index (κ1) is 21.4. The van der Waals surface area contributed by atoms with Crippen LogP contribution in [0, 0.1) is 5.92 Å². The van der Waals surface area contributed by atoms with E-state index < -0.39 is 21.9 Å². The molecule has 3 heterocycles. The van der Waals surface area contributed by atoms with Gasteiger partial charge in [0.25, 0.3) is 5.91 Å². The molecule has 0 aliphatic carbocycles. The molecule has 0 aromatic carbocycles. The Morgan fingerprint density at radius 3 is 2.66 bits per heavy atom. The summed E-state index contributed by atoms with van der Waals surface area (Å²) < 4.78 is 31.7. The number of ether oxygens (including phenoxy) is 1. The lowest BCUT2D eigenvalue weighted by atomic mass is 9.98. The van der Waals surface area contributed by atoms with Crippen LogP contribution in [0.15, 0.2) is 46.9 Å². The van der Waals surface area contributed by atoms with Gasteiger partial charge in [0, 0.05) is 37.4 Å². The Balaban J connectivity index is 1.46. The fourth-order valence-electron chi connectivity index (χ4n) is 3.07. The average molecular weight is 438 g/mol. The highest BCUT2D eigenvalue weighted by Crippen LogP contribution is 2.24. The van der Waals surface area contributed by atoms with Crippen molar-refractivity contribution in [3.8, 4) is 0 Å². The Kier molecular flexibility index (Phi) is 6.99. The van der Waals surface area contributed by atoms with Gasteiger partial charge in [-0.3, -0.25) is 14.6 Å². The second kappa shape index (κ2) is 9.47. The van der Waals surface area contributed by atoms with E-state index >= 15 is 0 Å². The fraction of sp³-hybridized carbons (Fsp3) is 0.421. The number of carbonyl (C=O) groups is 2. The van der Waals surface area contributed by atoms with E-state index in [0.717, 1.165) is 4.88 Å². The van der Waals surface area contributed by atoms with Crippen LogP contribution in [0.2, 0.25) is 0 Å². The van der Waals surface area contributed by atoms with Gasteiger partial charge in [-0.1, -0.05) is 6.07 Å². The largest absolute Gasteiger partial charge is 0.455 e. The highest BCUT2D eigenvalue weighted by molar-refractivity contribution is 7.89. The van der Waals surface area contributed by atoms with Crippen LogP contribution in [0.3, 0.4) is 0 Å². The maximum absolute atomic E-state index is 12.6. The number of amides is 1. The highest BCUT2D eigenvalue weighted by Gasteiger charge is 2.33. The van der Waals surface area contributed by atoms with Crippen LogP contribution in [-0.2, 0) is 30.9 Å². The summed E-state index contributed by atoms with van der Waals surface area (Å²) in [6.45, 7) is 0.611. The Morgan fingerprint density at radius 2 is 2.03 bits per heavy atom. The zero-order valence-electron chi connectivity index (χ0n) is 16.1. The summed E-state index contributed by atoms with van der Waals surface area (Å²) >= 11 is 1.56. The SMILES string of the molecule is CN(Cc1cccs1)C(=O)COC(=O)C1CCN(S(=O)(=O)c2cccnc2)CC1. The van der Waals surface area contributed by atoms with Crippen molar-refractivity contribution in [2.45, 2.75) is 24.3 Å². The van der Waals surface area contributed by atoms with Crippen LogP contribution in [0.4, 0.5) is 0 Å². The van der Waals surface area contributed by atoms with E-state index in [-0.39, 0.29) is 30.5 Å². The van der Waals surface area contributed by atoms with E-state index in [2.05, 4.69) is 4.98 Å². The first-order valence-electron chi connectivity index (χ1n) is 9.21. The summed E-state index contributed by atoms with van der Waals surface area (Å²) in [4.78, 5) is 31.0. The summed E-state index contributed by atoms with van der Waals surface area (Å²) in [7, 11) is -1.95. The van der Waals surface area contributed by atoms with Gasteiger partial charge in [-0.05, 0) is 36.4 Å². The van der Waals surface area contributed by atoms with Crippen molar-refractivity contribution in [3.63, 3.8) is 0 Å². The molecule has 0 atom stereocenters. The quantitative estimate of drug-likeness (QED) is 0.612. The molecular formula is C19H23N3O5S2. The summed E-state index contributed by atoms with van der Waals surface area (Å²) in [5.74, 6) is -1.14. The Labute approximate surface area is 174 Å². The van der Waals surface area contributed by atoms with E-state index in [1.165, 1.54) is 27.7 Å². The van der Waals surface area contributed by atoms with Crippen molar-refractivity contribution in [1.82, 2.24) is 14.2 Å². The Hall–Kier alpha value is -2.30. The number of likely N-dealkylation sites (N-methyl/N-ethyl adjacent to an activating group) is 1. The number of piperidine rings is 1. The first-order chi connectivity index (χ1) is 13.9. The minimum Gasteiger partial charge on any atom is -0.455 e. The average Bonchev–Trinajstić information content (AvgIpc) is 3.25. The molecule has 29 heavy (non-hydrogen) atoms. The molecule has 0 spiro atoms. The molecule has 2 aromatic heterocycles. The van der Waals surface area contributed by atoms with Crippen molar-refractivity contribution < 1.29 is 22.7 Å². The topological polar surface area (TPSA) is 96.9 Å². The molecule has 0 radical (unpaired) electrons. The molecule has 0 unspecified atom stereocenters. The third-order valence-corrected chi connectivity index (χ3v) is 7.54. The number of hydrogen-bond donors (Lipinski definition) is 0. The molecule has 0 bridgehead atoms. The molecular weight excluding hydrogens is 414 g/mol. The molecule has 3 rings (SSSR count). The predicted molar refractivity (Wildman–Crippen MR) is 107 cm³/mol. The van der Waals surface area contributed by atoms with Gasteiger partial charge in [-0.15, -0.1) is 11.3 Å². The molecule has 156 valence electrons. The molecule has 1 amide bonds. The number of pyridine rings is 1. The number of rotatable bonds is 7. The van der Waals surface area contributed by atoms with Crippen molar-refractivity contribution in [1.29, 1.82) is 0 Å². The number of aromatic nitrogens is 1. The maximum atomic E-state index is 12.6. The number of sulfonamides is 1. The molecule has 1 aliphatic rings. The second-order valence-corrected chi connectivity index (χ2v) is 9.77. The fourth-order valence-corrected chi connectivity index (χ4v) is 5.26. The van der Waals surface area contributed by atoms with E-state index in [1.807, 2.05) is 17.5 Å². The summed E-state index contributed by atoms with van der Waals surface area (Å²) in [5, 5.41) is 1.94. The number of carbonyl (C=O) groups excluding carboxylic acids is 2. The van der Waals surface area contributed by atoms with Crippen molar-refractivity contribution in [2.75, 3.05) is 26.7 Å². The highest BCUT2D eigenvalue weighted by atomic mass is 32.2. The summed E-state index contributed by atoms with van der Waals surface area (Å²) in [6, 6.07) is 6.93. The zero-order chi connectivity index (χ0) is 20.9. The van der Waals surface area contributed by atoms with Crippen molar-refractivity contribution in [3.05, 3.63) is 46.9 Å². The lowest BCUT2D eigenvalue weighted by molar-refractivity contribution is -0.156. The van der Waals surface area contributed by atoms with Gasteiger partial charge in [0.2, 0.25) is 10.0 Å². The molecule has 2 aromatic rings. The number of hydrogen-bond acceptors (Lipinski definition) is 7. The van der Waals surface area contributed by atoms with Gasteiger partial charge < -0.3 is 9.64 Å². The minimum absolute atomic E-state index is 0.139. The lowest BCUT2D eigenvalue weighted by Gasteiger charge is -2.30. The lowest BCUT2D eigenvalue weighted by Crippen LogP contribution is -2.41. The molecule has 0 N–H and O–H groups in total. The van der Waals surface area contributed by atoms with Gasteiger partial charge in [0.05, 0.1) is 12.5 Å². The Bertz CT molecular complexity index is 924. The van der Waals surface area contributed by atoms with Crippen LogP contribution in [-0.4, -0.2) is 61.2 Å². The van der Waals surface area contributed by atoms with Crippen LogP contribution in [0.25, 0.3) is 0 Å². The monoisotopic (exact) mass is 437 g/mol. The van der Waals surface area contributed by atoms with Gasteiger partial charge in [-0.2, -0.15) is 4.31 Å². The predicted octanol–water partition coefficient (Wildman–Crippen LogP) is 1.75. The van der Waals surface area contributed by atoms with Crippen LogP contribution in [0.1, 0.15) is 17.7 Å².